The monoisotopic (exact) mass is 266 g/mol. The van der Waals surface area contributed by atoms with Gasteiger partial charge in [0.25, 0.3) is 0 Å². The molecule has 0 amide bonds. The first-order chi connectivity index (χ1) is 8.97. The van der Waals surface area contributed by atoms with E-state index in [4.69, 9.17) is 0 Å². The fraction of sp³-hybridized carbons (Fsp3) is 0.846. The van der Waals surface area contributed by atoms with E-state index in [0.717, 1.165) is 37.0 Å². The van der Waals surface area contributed by atoms with Crippen molar-refractivity contribution in [3.63, 3.8) is 0 Å². The van der Waals surface area contributed by atoms with Crippen LogP contribution in [0.1, 0.15) is 44.9 Å². The van der Waals surface area contributed by atoms with E-state index in [-0.39, 0.29) is 5.41 Å². The molecule has 0 aromatic heterocycles. The van der Waals surface area contributed by atoms with Crippen molar-refractivity contribution >= 4 is 0 Å². The van der Waals surface area contributed by atoms with Crippen LogP contribution in [0, 0.1) is 43.4 Å². The van der Waals surface area contributed by atoms with Crippen molar-refractivity contribution in [3.8, 4) is 0 Å². The highest BCUT2D eigenvalue weighted by Gasteiger charge is 2.50. The Bertz CT molecular complexity index is 406. The summed E-state index contributed by atoms with van der Waals surface area (Å²) in [7, 11) is 0. The third kappa shape index (κ3) is 2.24. The molecular formula is C13H18N2O4. The van der Waals surface area contributed by atoms with Crippen LogP contribution in [0.25, 0.3) is 0 Å². The van der Waals surface area contributed by atoms with E-state index in [1.54, 1.807) is 0 Å². The minimum absolute atomic E-state index is 0.117. The molecule has 4 aliphatic carbocycles. The molecule has 0 spiro atoms. The van der Waals surface area contributed by atoms with Gasteiger partial charge in [-0.05, 0) is 68.1 Å². The molecule has 0 saturated heterocycles. The maximum Gasteiger partial charge on any atom is 0.554 e. The molecule has 6 nitrogen and oxygen atoms in total. The molecule has 4 rings (SSSR count). The van der Waals surface area contributed by atoms with Crippen molar-refractivity contribution in [2.45, 2.75) is 44.9 Å². The molecule has 104 valence electrons. The average molecular weight is 266 g/mol. The highest BCUT2D eigenvalue weighted by Crippen LogP contribution is 2.61. The van der Waals surface area contributed by atoms with Gasteiger partial charge in [0.15, 0.2) is 0 Å². The number of hydrogen-bond acceptors (Lipinski definition) is 4. The van der Waals surface area contributed by atoms with Crippen LogP contribution in [0.5, 0.6) is 0 Å². The maximum absolute atomic E-state index is 10.7. The van der Waals surface area contributed by atoms with Gasteiger partial charge in [-0.15, -0.1) is 0 Å². The molecule has 4 bridgehead atoms. The highest BCUT2D eigenvalue weighted by atomic mass is 16.7. The van der Waals surface area contributed by atoms with Gasteiger partial charge in [-0.25, -0.2) is 0 Å². The van der Waals surface area contributed by atoms with E-state index < -0.39 is 15.7 Å². The Morgan fingerprint density at radius 3 is 1.79 bits per heavy atom. The zero-order chi connectivity index (χ0) is 13.6. The van der Waals surface area contributed by atoms with Gasteiger partial charge in [-0.3, -0.25) is 20.2 Å². The molecule has 4 fully saturated rings. The Labute approximate surface area is 111 Å². The molecule has 4 saturated carbocycles. The van der Waals surface area contributed by atoms with Crippen molar-refractivity contribution in [3.05, 3.63) is 32.1 Å². The summed E-state index contributed by atoms with van der Waals surface area (Å²) >= 11 is 0. The smallest absolute Gasteiger partial charge is 0.253 e. The number of allylic oxidation sites excluding steroid dienone is 1. The van der Waals surface area contributed by atoms with Gasteiger partial charge in [0, 0.05) is 0 Å². The van der Waals surface area contributed by atoms with Crippen molar-refractivity contribution in [1.29, 1.82) is 0 Å². The van der Waals surface area contributed by atoms with E-state index >= 15 is 0 Å². The van der Waals surface area contributed by atoms with Gasteiger partial charge < -0.3 is 0 Å². The average Bonchev–Trinajstić information content (AvgIpc) is 2.25. The predicted molar refractivity (Wildman–Crippen MR) is 67.3 cm³/mol. The summed E-state index contributed by atoms with van der Waals surface area (Å²) in [6, 6.07) is 0. The Morgan fingerprint density at radius 2 is 1.42 bits per heavy atom. The largest absolute Gasteiger partial charge is 0.554 e. The first-order valence-electron chi connectivity index (χ1n) is 6.96. The first kappa shape index (κ1) is 12.6. The topological polar surface area (TPSA) is 86.3 Å². The molecule has 4 aliphatic rings. The standard InChI is InChI=1S/C13H18N2O4/c16-14(17)12(15(18)19)1-2-13-6-9-3-10(7-13)5-11(4-9)8-13/h1,9-11H,2-8H2. The Morgan fingerprint density at radius 1 is 1.00 bits per heavy atom. The van der Waals surface area contributed by atoms with E-state index in [2.05, 4.69) is 0 Å². The van der Waals surface area contributed by atoms with E-state index in [9.17, 15) is 20.2 Å². The lowest BCUT2D eigenvalue weighted by atomic mass is 9.49. The van der Waals surface area contributed by atoms with Gasteiger partial charge in [-0.1, -0.05) is 0 Å². The van der Waals surface area contributed by atoms with Crippen LogP contribution in [-0.4, -0.2) is 9.85 Å². The minimum Gasteiger partial charge on any atom is -0.253 e. The fourth-order valence-electron chi connectivity index (χ4n) is 5.06. The molecule has 6 heteroatoms. The van der Waals surface area contributed by atoms with Crippen LogP contribution in [0.3, 0.4) is 0 Å². The SMILES string of the molecule is O=[N+]([O-])C(=CCC12CC3CC(CC(C3)C1)C2)[N+](=O)[O-]. The molecule has 19 heavy (non-hydrogen) atoms. The van der Waals surface area contributed by atoms with Crippen molar-refractivity contribution < 1.29 is 9.85 Å². The van der Waals surface area contributed by atoms with Crippen LogP contribution in [-0.2, 0) is 0 Å². The fourth-order valence-corrected chi connectivity index (χ4v) is 5.06. The molecule has 0 unspecified atom stereocenters. The molecule has 0 heterocycles. The van der Waals surface area contributed by atoms with Crippen molar-refractivity contribution in [1.82, 2.24) is 0 Å². The van der Waals surface area contributed by atoms with Crippen LogP contribution < -0.4 is 0 Å². The lowest BCUT2D eigenvalue weighted by Gasteiger charge is -2.56. The number of hydrogen-bond donors (Lipinski definition) is 0. The Hall–Kier alpha value is -1.46. The van der Waals surface area contributed by atoms with Crippen LogP contribution in [0.2, 0.25) is 0 Å². The second kappa shape index (κ2) is 4.28. The van der Waals surface area contributed by atoms with Crippen LogP contribution >= 0.6 is 0 Å². The molecular weight excluding hydrogens is 248 g/mol. The molecule has 0 radical (unpaired) electrons. The summed E-state index contributed by atoms with van der Waals surface area (Å²) in [4.78, 5) is 19.6. The Balaban J connectivity index is 1.77. The summed E-state index contributed by atoms with van der Waals surface area (Å²) in [5, 5.41) is 21.3. The second-order valence-corrected chi connectivity index (χ2v) is 6.70. The molecule has 0 N–H and O–H groups in total. The zero-order valence-corrected chi connectivity index (χ0v) is 10.8. The normalized spacial score (nSPS) is 39.1. The van der Waals surface area contributed by atoms with Crippen LogP contribution in [0.15, 0.2) is 11.9 Å². The summed E-state index contributed by atoms with van der Waals surface area (Å²) in [5.41, 5.74) is 0.117. The van der Waals surface area contributed by atoms with Gasteiger partial charge in [-0.2, -0.15) is 0 Å². The lowest BCUT2D eigenvalue weighted by molar-refractivity contribution is -0.616. The summed E-state index contributed by atoms with van der Waals surface area (Å²) in [5.74, 6) is 1.42. The first-order valence-corrected chi connectivity index (χ1v) is 6.96. The summed E-state index contributed by atoms with van der Waals surface area (Å²) < 4.78 is 0. The molecule has 0 aliphatic heterocycles. The Kier molecular flexibility index (Phi) is 2.83. The molecule has 0 aromatic carbocycles. The lowest BCUT2D eigenvalue weighted by Crippen LogP contribution is -2.45. The van der Waals surface area contributed by atoms with Gasteiger partial charge >= 0.3 is 5.82 Å². The molecule has 0 atom stereocenters. The number of rotatable bonds is 4. The van der Waals surface area contributed by atoms with Gasteiger partial charge in [0.1, 0.15) is 9.85 Å². The van der Waals surface area contributed by atoms with E-state index in [1.165, 1.54) is 25.3 Å². The van der Waals surface area contributed by atoms with E-state index in [1.807, 2.05) is 0 Å². The second-order valence-electron chi connectivity index (χ2n) is 6.70. The summed E-state index contributed by atoms with van der Waals surface area (Å²) in [6.45, 7) is 0. The quantitative estimate of drug-likeness (QED) is 0.578. The van der Waals surface area contributed by atoms with Gasteiger partial charge in [0.2, 0.25) is 0 Å². The van der Waals surface area contributed by atoms with Gasteiger partial charge in [0.05, 0.1) is 6.08 Å². The minimum atomic E-state index is -0.874. The van der Waals surface area contributed by atoms with Crippen molar-refractivity contribution in [2.24, 2.45) is 23.2 Å². The predicted octanol–water partition coefficient (Wildman–Crippen LogP) is 2.99. The summed E-state index contributed by atoms with van der Waals surface area (Å²) in [6.07, 6.45) is 9.01. The third-order valence-electron chi connectivity index (χ3n) is 5.26. The maximum atomic E-state index is 10.7. The van der Waals surface area contributed by atoms with Crippen molar-refractivity contribution in [2.75, 3.05) is 0 Å². The highest BCUT2D eigenvalue weighted by molar-refractivity contribution is 5.04. The van der Waals surface area contributed by atoms with E-state index in [0.29, 0.717) is 6.42 Å². The number of nitrogens with zero attached hydrogens (tertiary/aromatic N) is 2. The number of nitro groups is 2. The zero-order valence-electron chi connectivity index (χ0n) is 10.8. The van der Waals surface area contributed by atoms with Crippen LogP contribution in [0.4, 0.5) is 0 Å². The third-order valence-corrected chi connectivity index (χ3v) is 5.26. The molecule has 0 aromatic rings.